The lowest BCUT2D eigenvalue weighted by Crippen LogP contribution is -2.16. The van der Waals surface area contributed by atoms with Gasteiger partial charge in [0.05, 0.1) is 18.2 Å². The smallest absolute Gasteiger partial charge is 0.339 e. The van der Waals surface area contributed by atoms with Crippen LogP contribution < -0.4 is 4.74 Å². The molecular weight excluding hydrogens is 300 g/mol. The molecule has 1 aromatic carbocycles. The Morgan fingerprint density at radius 1 is 1.44 bits per heavy atom. The van der Waals surface area contributed by atoms with Gasteiger partial charge in [0.25, 0.3) is 0 Å². The van der Waals surface area contributed by atoms with Gasteiger partial charge in [-0.15, -0.1) is 0 Å². The van der Waals surface area contributed by atoms with Crippen LogP contribution in [0.3, 0.4) is 0 Å². The molecule has 5 heteroatoms. The van der Waals surface area contributed by atoms with Gasteiger partial charge in [0, 0.05) is 5.56 Å². The first kappa shape index (κ1) is 15.0. The van der Waals surface area contributed by atoms with Crippen molar-refractivity contribution in [2.75, 3.05) is 13.7 Å². The highest BCUT2D eigenvalue weighted by molar-refractivity contribution is 9.10. The monoisotopic (exact) mass is 316 g/mol. The standard InChI is InChI=1S/C13H17BrO4/c1-4-8-6-9(11(15)13(16)18-5-2)12(17-3)10(14)7-8/h6-7,11,15H,4-5H2,1-3H3. The number of hydrogen-bond donors (Lipinski definition) is 1. The van der Waals surface area contributed by atoms with Crippen molar-refractivity contribution in [2.24, 2.45) is 0 Å². The third kappa shape index (κ3) is 3.23. The first-order chi connectivity index (χ1) is 8.54. The molecule has 0 aliphatic heterocycles. The van der Waals surface area contributed by atoms with Gasteiger partial charge in [0.2, 0.25) is 0 Å². The van der Waals surface area contributed by atoms with Crippen molar-refractivity contribution in [3.63, 3.8) is 0 Å². The van der Waals surface area contributed by atoms with E-state index in [-0.39, 0.29) is 6.61 Å². The first-order valence-electron chi connectivity index (χ1n) is 5.76. The molecule has 0 aromatic heterocycles. The number of methoxy groups -OCH3 is 1. The lowest BCUT2D eigenvalue weighted by atomic mass is 10.0. The fourth-order valence-electron chi connectivity index (χ4n) is 1.64. The Morgan fingerprint density at radius 2 is 2.11 bits per heavy atom. The number of halogens is 1. The molecule has 0 heterocycles. The average Bonchev–Trinajstić information content (AvgIpc) is 2.37. The molecule has 0 spiro atoms. The number of aliphatic hydroxyl groups excluding tert-OH is 1. The number of rotatable bonds is 5. The van der Waals surface area contributed by atoms with Gasteiger partial charge < -0.3 is 14.6 Å². The molecule has 18 heavy (non-hydrogen) atoms. The molecule has 0 aliphatic carbocycles. The number of aryl methyl sites for hydroxylation is 1. The number of hydrogen-bond acceptors (Lipinski definition) is 4. The lowest BCUT2D eigenvalue weighted by molar-refractivity contribution is -0.153. The minimum absolute atomic E-state index is 0.229. The van der Waals surface area contributed by atoms with E-state index in [0.717, 1.165) is 12.0 Å². The maximum atomic E-state index is 11.6. The van der Waals surface area contributed by atoms with Gasteiger partial charge >= 0.3 is 5.97 Å². The van der Waals surface area contributed by atoms with Crippen molar-refractivity contribution in [3.05, 3.63) is 27.7 Å². The average molecular weight is 317 g/mol. The van der Waals surface area contributed by atoms with Crippen molar-refractivity contribution in [3.8, 4) is 5.75 Å². The van der Waals surface area contributed by atoms with E-state index < -0.39 is 12.1 Å². The van der Waals surface area contributed by atoms with Crippen molar-refractivity contribution in [1.82, 2.24) is 0 Å². The van der Waals surface area contributed by atoms with Crippen LogP contribution in [0, 0.1) is 0 Å². The predicted molar refractivity (Wildman–Crippen MR) is 71.7 cm³/mol. The van der Waals surface area contributed by atoms with Crippen LogP contribution in [0.2, 0.25) is 0 Å². The zero-order valence-electron chi connectivity index (χ0n) is 10.7. The van der Waals surface area contributed by atoms with Gasteiger partial charge in [-0.1, -0.05) is 6.92 Å². The molecule has 1 aromatic rings. The molecule has 4 nitrogen and oxygen atoms in total. The summed E-state index contributed by atoms with van der Waals surface area (Å²) in [6, 6.07) is 3.66. The summed E-state index contributed by atoms with van der Waals surface area (Å²) in [5.41, 5.74) is 1.42. The molecule has 0 aliphatic rings. The third-order valence-corrected chi connectivity index (χ3v) is 3.14. The fourth-order valence-corrected chi connectivity index (χ4v) is 2.33. The highest BCUT2D eigenvalue weighted by atomic mass is 79.9. The van der Waals surface area contributed by atoms with Crippen molar-refractivity contribution >= 4 is 21.9 Å². The second kappa shape index (κ2) is 6.75. The Hall–Kier alpha value is -1.07. The summed E-state index contributed by atoms with van der Waals surface area (Å²) in [6.45, 7) is 3.92. The highest BCUT2D eigenvalue weighted by Crippen LogP contribution is 2.35. The summed E-state index contributed by atoms with van der Waals surface area (Å²) in [4.78, 5) is 11.6. The summed E-state index contributed by atoms with van der Waals surface area (Å²) in [5.74, 6) is -0.219. The molecule has 0 bridgehead atoms. The number of aliphatic hydroxyl groups is 1. The summed E-state index contributed by atoms with van der Waals surface area (Å²) in [7, 11) is 1.49. The summed E-state index contributed by atoms with van der Waals surface area (Å²) >= 11 is 3.37. The van der Waals surface area contributed by atoms with E-state index in [9.17, 15) is 9.90 Å². The van der Waals surface area contributed by atoms with Crippen LogP contribution in [0.5, 0.6) is 5.75 Å². The Kier molecular flexibility index (Phi) is 5.62. The molecule has 1 N–H and O–H groups in total. The highest BCUT2D eigenvalue weighted by Gasteiger charge is 2.24. The normalized spacial score (nSPS) is 12.1. The SMILES string of the molecule is CCOC(=O)C(O)c1cc(CC)cc(Br)c1OC. The summed E-state index contributed by atoms with van der Waals surface area (Å²) in [6.07, 6.45) is -0.534. The quantitative estimate of drug-likeness (QED) is 0.848. The molecule has 100 valence electrons. The molecule has 1 atom stereocenters. The summed E-state index contributed by atoms with van der Waals surface area (Å²) < 4.78 is 10.7. The van der Waals surface area contributed by atoms with Crippen LogP contribution in [-0.2, 0) is 16.0 Å². The predicted octanol–water partition coefficient (Wildman–Crippen LogP) is 2.62. The second-order valence-electron chi connectivity index (χ2n) is 3.71. The van der Waals surface area contributed by atoms with E-state index in [2.05, 4.69) is 15.9 Å². The van der Waals surface area contributed by atoms with Crippen LogP contribution in [0.25, 0.3) is 0 Å². The number of esters is 1. The molecule has 1 rings (SSSR count). The molecular formula is C13H17BrO4. The maximum absolute atomic E-state index is 11.6. The van der Waals surface area contributed by atoms with Gasteiger partial charge in [-0.25, -0.2) is 4.79 Å². The Labute approximate surface area is 115 Å². The number of benzene rings is 1. The van der Waals surface area contributed by atoms with E-state index in [0.29, 0.717) is 15.8 Å². The van der Waals surface area contributed by atoms with Crippen molar-refractivity contribution < 1.29 is 19.4 Å². The van der Waals surface area contributed by atoms with Crippen LogP contribution in [0.1, 0.15) is 31.1 Å². The number of carbonyl (C=O) groups is 1. The summed E-state index contributed by atoms with van der Waals surface area (Å²) in [5, 5.41) is 10.0. The van der Waals surface area contributed by atoms with Crippen LogP contribution in [-0.4, -0.2) is 24.8 Å². The topological polar surface area (TPSA) is 55.8 Å². The third-order valence-electron chi connectivity index (χ3n) is 2.55. The van der Waals surface area contributed by atoms with Crippen LogP contribution in [0.4, 0.5) is 0 Å². The van der Waals surface area contributed by atoms with E-state index in [4.69, 9.17) is 9.47 Å². The fraction of sp³-hybridized carbons (Fsp3) is 0.462. The largest absolute Gasteiger partial charge is 0.495 e. The Morgan fingerprint density at radius 3 is 2.61 bits per heavy atom. The van der Waals surface area contributed by atoms with Crippen LogP contribution >= 0.6 is 15.9 Å². The molecule has 0 saturated carbocycles. The Balaban J connectivity index is 3.19. The van der Waals surface area contributed by atoms with E-state index in [1.54, 1.807) is 13.0 Å². The van der Waals surface area contributed by atoms with Gasteiger partial charge in [-0.2, -0.15) is 0 Å². The van der Waals surface area contributed by atoms with E-state index in [1.165, 1.54) is 7.11 Å². The van der Waals surface area contributed by atoms with Crippen LogP contribution in [0.15, 0.2) is 16.6 Å². The van der Waals surface area contributed by atoms with E-state index >= 15 is 0 Å². The molecule has 0 amide bonds. The number of carbonyl (C=O) groups excluding carboxylic acids is 1. The van der Waals surface area contributed by atoms with Gasteiger partial charge in [-0.05, 0) is 47.0 Å². The molecule has 0 saturated heterocycles. The van der Waals surface area contributed by atoms with Gasteiger partial charge in [-0.3, -0.25) is 0 Å². The van der Waals surface area contributed by atoms with Gasteiger partial charge in [0.15, 0.2) is 6.10 Å². The van der Waals surface area contributed by atoms with Gasteiger partial charge in [0.1, 0.15) is 5.75 Å². The van der Waals surface area contributed by atoms with Crippen molar-refractivity contribution in [2.45, 2.75) is 26.4 Å². The second-order valence-corrected chi connectivity index (χ2v) is 4.56. The van der Waals surface area contributed by atoms with E-state index in [1.807, 2.05) is 13.0 Å². The Bertz CT molecular complexity index is 431. The lowest BCUT2D eigenvalue weighted by Gasteiger charge is -2.16. The molecule has 0 radical (unpaired) electrons. The number of ether oxygens (including phenoxy) is 2. The van der Waals surface area contributed by atoms with Crippen molar-refractivity contribution in [1.29, 1.82) is 0 Å². The zero-order chi connectivity index (χ0) is 13.7. The minimum atomic E-state index is -1.33. The minimum Gasteiger partial charge on any atom is -0.495 e. The molecule has 1 unspecified atom stereocenters. The first-order valence-corrected chi connectivity index (χ1v) is 6.55. The maximum Gasteiger partial charge on any atom is 0.339 e. The molecule has 0 fully saturated rings. The zero-order valence-corrected chi connectivity index (χ0v) is 12.3.